The largest absolute Gasteiger partial charge is 0.355 e. The van der Waals surface area contributed by atoms with E-state index in [1.165, 1.54) is 45.4 Å². The Hall–Kier alpha value is -2.40. The van der Waals surface area contributed by atoms with Gasteiger partial charge >= 0.3 is 0 Å². The number of aromatic nitrogens is 3. The second kappa shape index (κ2) is 6.34. The highest BCUT2D eigenvalue weighted by Gasteiger charge is 2.20. The van der Waals surface area contributed by atoms with Crippen LogP contribution >= 0.6 is 11.3 Å². The van der Waals surface area contributed by atoms with Gasteiger partial charge in [-0.2, -0.15) is 0 Å². The Morgan fingerprint density at radius 3 is 2.63 bits per heavy atom. The van der Waals surface area contributed by atoms with Crippen molar-refractivity contribution in [2.75, 3.05) is 18.0 Å². The van der Waals surface area contributed by atoms with Gasteiger partial charge in [-0.3, -0.25) is 0 Å². The number of aromatic amines is 1. The van der Waals surface area contributed by atoms with Gasteiger partial charge in [-0.25, -0.2) is 9.97 Å². The van der Waals surface area contributed by atoms with Crippen LogP contribution in [0.25, 0.3) is 31.7 Å². The van der Waals surface area contributed by atoms with E-state index in [2.05, 4.69) is 48.0 Å². The van der Waals surface area contributed by atoms with Crippen LogP contribution in [0.1, 0.15) is 36.2 Å². The third kappa shape index (κ3) is 2.81. The molecule has 27 heavy (non-hydrogen) atoms. The highest BCUT2D eigenvalue weighted by atomic mass is 32.1. The van der Waals surface area contributed by atoms with Crippen molar-refractivity contribution in [1.29, 1.82) is 0 Å². The average Bonchev–Trinajstić information content (AvgIpc) is 3.23. The summed E-state index contributed by atoms with van der Waals surface area (Å²) in [6.07, 6.45) is 3.81. The lowest BCUT2D eigenvalue weighted by atomic mass is 10.1. The molecule has 1 fully saturated rings. The van der Waals surface area contributed by atoms with E-state index < -0.39 is 0 Å². The van der Waals surface area contributed by atoms with Crippen LogP contribution in [0.4, 0.5) is 5.82 Å². The maximum Gasteiger partial charge on any atom is 0.156 e. The highest BCUT2D eigenvalue weighted by Crippen LogP contribution is 2.40. The Bertz CT molecular complexity index is 1150. The monoisotopic (exact) mass is 376 g/mol. The van der Waals surface area contributed by atoms with E-state index in [-0.39, 0.29) is 0 Å². The number of nitrogens with one attached hydrogen (secondary N) is 1. The number of rotatable bonds is 2. The number of thiophene rings is 1. The van der Waals surface area contributed by atoms with Crippen LogP contribution in [0.15, 0.2) is 24.3 Å². The van der Waals surface area contributed by atoms with E-state index in [4.69, 9.17) is 9.97 Å². The quantitative estimate of drug-likeness (QED) is 0.484. The zero-order valence-corrected chi connectivity index (χ0v) is 16.9. The van der Waals surface area contributed by atoms with E-state index in [1.807, 2.05) is 18.3 Å². The second-order valence-electron chi connectivity index (χ2n) is 7.64. The van der Waals surface area contributed by atoms with Crippen molar-refractivity contribution in [3.8, 4) is 10.6 Å². The molecule has 5 rings (SSSR count). The molecule has 1 N–H and O–H groups in total. The summed E-state index contributed by atoms with van der Waals surface area (Å²) in [5.74, 6) is 1.91. The average molecular weight is 377 g/mol. The van der Waals surface area contributed by atoms with Gasteiger partial charge in [0.2, 0.25) is 0 Å². The number of benzene rings is 1. The topological polar surface area (TPSA) is 44.8 Å². The molecule has 0 aliphatic carbocycles. The van der Waals surface area contributed by atoms with Crippen molar-refractivity contribution in [2.45, 2.75) is 40.0 Å². The molecule has 1 aliphatic heterocycles. The van der Waals surface area contributed by atoms with Crippen LogP contribution in [-0.4, -0.2) is 28.0 Å². The lowest BCUT2D eigenvalue weighted by Crippen LogP contribution is -2.30. The number of fused-ring (bicyclic) bond motifs is 2. The number of hydrogen-bond acceptors (Lipinski definition) is 4. The van der Waals surface area contributed by atoms with Crippen LogP contribution < -0.4 is 4.90 Å². The molecular formula is C22H24N4S. The molecule has 0 amide bonds. The first-order valence-corrected chi connectivity index (χ1v) is 10.5. The summed E-state index contributed by atoms with van der Waals surface area (Å²) in [5.41, 5.74) is 5.89. The molecule has 0 atom stereocenters. The standard InChI is InChI=1S/C22H24N4S/c1-13-7-8-19-16(11-13)14(2)21(27-19)18-12-17-20(25-18)22(24-15(3)23-17)26-9-5-4-6-10-26/h7-8,11-12,25H,4-6,9-10H2,1-3H3. The molecule has 3 aromatic heterocycles. The summed E-state index contributed by atoms with van der Waals surface area (Å²) < 4.78 is 1.34. The fourth-order valence-corrected chi connectivity index (χ4v) is 5.32. The summed E-state index contributed by atoms with van der Waals surface area (Å²) in [5, 5.41) is 1.35. The smallest absolute Gasteiger partial charge is 0.156 e. The highest BCUT2D eigenvalue weighted by molar-refractivity contribution is 7.22. The molecule has 0 spiro atoms. The molecule has 0 unspecified atom stereocenters. The number of aryl methyl sites for hydroxylation is 3. The van der Waals surface area contributed by atoms with Gasteiger partial charge in [-0.05, 0) is 63.1 Å². The molecule has 4 heterocycles. The van der Waals surface area contributed by atoms with Gasteiger partial charge in [0.25, 0.3) is 0 Å². The predicted molar refractivity (Wildman–Crippen MR) is 115 cm³/mol. The minimum atomic E-state index is 0.845. The third-order valence-electron chi connectivity index (χ3n) is 5.56. The third-order valence-corrected chi connectivity index (χ3v) is 6.87. The summed E-state index contributed by atoms with van der Waals surface area (Å²) in [6.45, 7) is 8.54. The minimum absolute atomic E-state index is 0.845. The molecule has 0 saturated carbocycles. The summed E-state index contributed by atoms with van der Waals surface area (Å²) >= 11 is 1.85. The summed E-state index contributed by atoms with van der Waals surface area (Å²) in [6, 6.07) is 8.91. The van der Waals surface area contributed by atoms with Crippen molar-refractivity contribution in [3.63, 3.8) is 0 Å². The van der Waals surface area contributed by atoms with E-state index in [0.717, 1.165) is 41.5 Å². The second-order valence-corrected chi connectivity index (χ2v) is 8.69. The van der Waals surface area contributed by atoms with E-state index in [1.54, 1.807) is 0 Å². The van der Waals surface area contributed by atoms with Crippen molar-refractivity contribution in [2.24, 2.45) is 0 Å². The fourth-order valence-electron chi connectivity index (χ4n) is 4.16. The van der Waals surface area contributed by atoms with Crippen molar-refractivity contribution in [3.05, 3.63) is 41.2 Å². The van der Waals surface area contributed by atoms with Crippen LogP contribution in [0.5, 0.6) is 0 Å². The van der Waals surface area contributed by atoms with Gasteiger partial charge in [-0.1, -0.05) is 17.7 Å². The first-order valence-electron chi connectivity index (χ1n) is 9.72. The number of hydrogen-bond donors (Lipinski definition) is 1. The van der Waals surface area contributed by atoms with Gasteiger partial charge in [0.1, 0.15) is 11.3 Å². The van der Waals surface area contributed by atoms with Gasteiger partial charge < -0.3 is 9.88 Å². The van der Waals surface area contributed by atoms with E-state index >= 15 is 0 Å². The van der Waals surface area contributed by atoms with Crippen molar-refractivity contribution in [1.82, 2.24) is 15.0 Å². The minimum Gasteiger partial charge on any atom is -0.355 e. The normalized spacial score (nSPS) is 15.1. The maximum atomic E-state index is 4.80. The first-order chi connectivity index (χ1) is 13.1. The molecule has 138 valence electrons. The van der Waals surface area contributed by atoms with Crippen molar-refractivity contribution < 1.29 is 0 Å². The number of anilines is 1. The molecule has 1 aliphatic rings. The fraction of sp³-hybridized carbons (Fsp3) is 0.364. The molecule has 5 heteroatoms. The van der Waals surface area contributed by atoms with Gasteiger partial charge in [-0.15, -0.1) is 11.3 Å². The number of H-pyrrole nitrogens is 1. The molecule has 4 nitrogen and oxygen atoms in total. The molecule has 1 aromatic carbocycles. The Kier molecular flexibility index (Phi) is 3.93. The number of piperidine rings is 1. The Morgan fingerprint density at radius 1 is 1.00 bits per heavy atom. The van der Waals surface area contributed by atoms with Crippen LogP contribution in [0, 0.1) is 20.8 Å². The maximum absolute atomic E-state index is 4.80. The molecule has 4 aromatic rings. The van der Waals surface area contributed by atoms with Crippen LogP contribution in [0.2, 0.25) is 0 Å². The van der Waals surface area contributed by atoms with Crippen LogP contribution in [-0.2, 0) is 0 Å². The molecule has 1 saturated heterocycles. The first kappa shape index (κ1) is 16.8. The molecule has 0 bridgehead atoms. The van der Waals surface area contributed by atoms with E-state index in [0.29, 0.717) is 0 Å². The lowest BCUT2D eigenvalue weighted by Gasteiger charge is -2.28. The summed E-state index contributed by atoms with van der Waals surface area (Å²) in [4.78, 5) is 16.9. The Labute approximate surface area is 163 Å². The summed E-state index contributed by atoms with van der Waals surface area (Å²) in [7, 11) is 0. The number of nitrogens with zero attached hydrogens (tertiary/aromatic N) is 3. The zero-order valence-electron chi connectivity index (χ0n) is 16.1. The van der Waals surface area contributed by atoms with Crippen LogP contribution in [0.3, 0.4) is 0 Å². The SMILES string of the molecule is Cc1ccc2sc(-c3cc4nc(C)nc(N5CCCCC5)c4[nH]3)c(C)c2c1. The zero-order chi connectivity index (χ0) is 18.5. The lowest BCUT2D eigenvalue weighted by molar-refractivity contribution is 0.574. The Balaban J connectivity index is 1.68. The van der Waals surface area contributed by atoms with Gasteiger partial charge in [0, 0.05) is 17.8 Å². The Morgan fingerprint density at radius 2 is 1.81 bits per heavy atom. The molecule has 0 radical (unpaired) electrons. The predicted octanol–water partition coefficient (Wildman–Crippen LogP) is 5.76. The molecular weight excluding hydrogens is 352 g/mol. The van der Waals surface area contributed by atoms with Gasteiger partial charge in [0.15, 0.2) is 5.82 Å². The van der Waals surface area contributed by atoms with E-state index in [9.17, 15) is 0 Å². The van der Waals surface area contributed by atoms with Gasteiger partial charge in [0.05, 0.1) is 16.1 Å². The van der Waals surface area contributed by atoms with Crippen molar-refractivity contribution >= 4 is 38.3 Å².